The highest BCUT2D eigenvalue weighted by Crippen LogP contribution is 2.02. The van der Waals surface area contributed by atoms with Gasteiger partial charge in [0.05, 0.1) is 0 Å². The fraction of sp³-hybridized carbons (Fsp3) is 0.438. The Bertz CT molecular complexity index is 348. The molecule has 0 N–H and O–H groups in total. The fourth-order valence-electron chi connectivity index (χ4n) is 1.61. The number of carbonyl (C=O) groups excluding carboxylic acids is 1. The highest BCUT2D eigenvalue weighted by Gasteiger charge is 2.04. The molecular formula is C16H22O2. The van der Waals surface area contributed by atoms with Gasteiger partial charge in [-0.25, -0.2) is 0 Å². The molecule has 0 saturated heterocycles. The number of esters is 1. The number of allylic oxidation sites excluding steroid dienone is 7. The van der Waals surface area contributed by atoms with E-state index in [2.05, 4.69) is 30.4 Å². The largest absolute Gasteiger partial charge is 0.458 e. The van der Waals surface area contributed by atoms with Gasteiger partial charge in [-0.05, 0) is 38.7 Å². The maximum atomic E-state index is 11.5. The second-order valence-electron chi connectivity index (χ2n) is 4.28. The van der Waals surface area contributed by atoms with Gasteiger partial charge in [-0.3, -0.25) is 4.79 Å². The molecule has 1 heterocycles. The summed E-state index contributed by atoms with van der Waals surface area (Å²) in [4.78, 5) is 11.5. The molecule has 0 radical (unpaired) electrons. The summed E-state index contributed by atoms with van der Waals surface area (Å²) < 4.78 is 5.25. The van der Waals surface area contributed by atoms with Gasteiger partial charge in [-0.2, -0.15) is 0 Å². The fourth-order valence-corrected chi connectivity index (χ4v) is 1.61. The summed E-state index contributed by atoms with van der Waals surface area (Å²) in [5, 5.41) is 0. The predicted octanol–water partition coefficient (Wildman–Crippen LogP) is 4.11. The molecule has 1 aliphatic heterocycles. The van der Waals surface area contributed by atoms with Crippen molar-refractivity contribution < 1.29 is 9.53 Å². The third kappa shape index (κ3) is 7.66. The summed E-state index contributed by atoms with van der Waals surface area (Å²) in [5.74, 6) is -0.130. The Morgan fingerprint density at radius 2 is 1.50 bits per heavy atom. The first-order valence-corrected chi connectivity index (χ1v) is 6.60. The summed E-state index contributed by atoms with van der Waals surface area (Å²) >= 11 is 0. The molecule has 98 valence electrons. The number of cyclic esters (lactones) is 1. The van der Waals surface area contributed by atoms with E-state index in [1.807, 2.05) is 25.2 Å². The molecule has 0 amide bonds. The minimum Gasteiger partial charge on any atom is -0.458 e. The van der Waals surface area contributed by atoms with E-state index < -0.39 is 0 Å². The second-order valence-corrected chi connectivity index (χ2v) is 4.28. The minimum atomic E-state index is -0.136. The zero-order valence-electron chi connectivity index (χ0n) is 11.0. The van der Waals surface area contributed by atoms with Gasteiger partial charge < -0.3 is 4.74 Å². The maximum Gasteiger partial charge on any atom is 0.306 e. The van der Waals surface area contributed by atoms with Gasteiger partial charge in [0.1, 0.15) is 6.10 Å². The lowest BCUT2D eigenvalue weighted by Crippen LogP contribution is -2.11. The van der Waals surface area contributed by atoms with Gasteiger partial charge in [0.25, 0.3) is 0 Å². The molecule has 1 atom stereocenters. The third-order valence-corrected chi connectivity index (χ3v) is 2.56. The average molecular weight is 246 g/mol. The van der Waals surface area contributed by atoms with Crippen LogP contribution in [-0.4, -0.2) is 12.1 Å². The molecule has 0 aromatic heterocycles. The van der Waals surface area contributed by atoms with E-state index in [0.29, 0.717) is 6.42 Å². The standard InChI is InChI=1S/C16H22O2/c1-15-13-11-9-7-5-3-2-4-6-8-10-12-14-16(17)18-15/h2,4-5,7-8,10-11,13,15H,3,6,9,12,14H2,1H3/b4-2-,7-5-,10-8-,13-11-/t15-/m0/s1. The first-order chi connectivity index (χ1) is 8.79. The minimum absolute atomic E-state index is 0.130. The van der Waals surface area contributed by atoms with Crippen LogP contribution in [0.3, 0.4) is 0 Å². The van der Waals surface area contributed by atoms with Crippen LogP contribution >= 0.6 is 0 Å². The van der Waals surface area contributed by atoms with Crippen LogP contribution in [0.1, 0.15) is 39.0 Å². The molecule has 0 saturated carbocycles. The van der Waals surface area contributed by atoms with Crippen molar-refractivity contribution in [1.82, 2.24) is 0 Å². The molecule has 2 heteroatoms. The van der Waals surface area contributed by atoms with Crippen LogP contribution < -0.4 is 0 Å². The molecule has 0 spiro atoms. The molecular weight excluding hydrogens is 224 g/mol. The van der Waals surface area contributed by atoms with E-state index >= 15 is 0 Å². The molecule has 0 fully saturated rings. The Morgan fingerprint density at radius 3 is 2.17 bits per heavy atom. The van der Waals surface area contributed by atoms with Gasteiger partial charge >= 0.3 is 5.97 Å². The highest BCUT2D eigenvalue weighted by molar-refractivity contribution is 5.69. The summed E-state index contributed by atoms with van der Waals surface area (Å²) in [7, 11) is 0. The van der Waals surface area contributed by atoms with Gasteiger partial charge in [0.15, 0.2) is 0 Å². The van der Waals surface area contributed by atoms with E-state index in [1.165, 1.54) is 0 Å². The SMILES string of the molecule is C[C@H]1/C=C\C/C=C\C/C=C\C/C=C\CCC(=O)O1. The van der Waals surface area contributed by atoms with Crippen LogP contribution in [0.25, 0.3) is 0 Å². The average Bonchev–Trinajstić information content (AvgIpc) is 2.33. The predicted molar refractivity (Wildman–Crippen MR) is 75.2 cm³/mol. The van der Waals surface area contributed by atoms with Crippen molar-refractivity contribution in [3.05, 3.63) is 48.6 Å². The van der Waals surface area contributed by atoms with Crippen molar-refractivity contribution in [3.8, 4) is 0 Å². The Labute approximate surface area is 110 Å². The summed E-state index contributed by atoms with van der Waals surface area (Å²) in [6, 6.07) is 0. The van der Waals surface area contributed by atoms with E-state index in [0.717, 1.165) is 25.7 Å². The quantitative estimate of drug-likeness (QED) is 0.475. The van der Waals surface area contributed by atoms with Crippen molar-refractivity contribution in [2.75, 3.05) is 0 Å². The lowest BCUT2D eigenvalue weighted by Gasteiger charge is -2.08. The summed E-state index contributed by atoms with van der Waals surface area (Å²) in [6.45, 7) is 1.89. The molecule has 1 aliphatic rings. The molecule has 2 nitrogen and oxygen atoms in total. The van der Waals surface area contributed by atoms with E-state index in [1.54, 1.807) is 0 Å². The lowest BCUT2D eigenvalue weighted by molar-refractivity contribution is -0.146. The van der Waals surface area contributed by atoms with Crippen molar-refractivity contribution in [3.63, 3.8) is 0 Å². The van der Waals surface area contributed by atoms with Gasteiger partial charge in [-0.15, -0.1) is 0 Å². The van der Waals surface area contributed by atoms with Crippen LogP contribution in [0, 0.1) is 0 Å². The third-order valence-electron chi connectivity index (χ3n) is 2.56. The monoisotopic (exact) mass is 246 g/mol. The van der Waals surface area contributed by atoms with Crippen LogP contribution in [0.15, 0.2) is 48.6 Å². The number of hydrogen-bond donors (Lipinski definition) is 0. The zero-order chi connectivity index (χ0) is 13.1. The second kappa shape index (κ2) is 9.46. The normalized spacial score (nSPS) is 30.1. The molecule has 0 aromatic rings. The molecule has 1 rings (SSSR count). The highest BCUT2D eigenvalue weighted by atomic mass is 16.5. The van der Waals surface area contributed by atoms with E-state index in [-0.39, 0.29) is 12.1 Å². The summed E-state index contributed by atoms with van der Waals surface area (Å²) in [6.07, 6.45) is 20.5. The van der Waals surface area contributed by atoms with Crippen LogP contribution in [-0.2, 0) is 9.53 Å². The Balaban J connectivity index is 2.51. The van der Waals surface area contributed by atoms with E-state index in [4.69, 9.17) is 4.74 Å². The first-order valence-electron chi connectivity index (χ1n) is 6.60. The van der Waals surface area contributed by atoms with Crippen molar-refractivity contribution >= 4 is 5.97 Å². The van der Waals surface area contributed by atoms with Gasteiger partial charge in [0, 0.05) is 6.42 Å². The summed E-state index contributed by atoms with van der Waals surface area (Å²) in [5.41, 5.74) is 0. The molecule has 0 unspecified atom stereocenters. The number of hydrogen-bond acceptors (Lipinski definition) is 2. The Morgan fingerprint density at radius 1 is 0.944 bits per heavy atom. The van der Waals surface area contributed by atoms with Crippen LogP contribution in [0.2, 0.25) is 0 Å². The Kier molecular flexibility index (Phi) is 7.61. The number of carbonyl (C=O) groups is 1. The number of rotatable bonds is 0. The maximum absolute atomic E-state index is 11.5. The Hall–Kier alpha value is -1.57. The van der Waals surface area contributed by atoms with Crippen LogP contribution in [0.5, 0.6) is 0 Å². The van der Waals surface area contributed by atoms with Gasteiger partial charge in [-0.1, -0.05) is 42.5 Å². The molecule has 0 bridgehead atoms. The van der Waals surface area contributed by atoms with Crippen molar-refractivity contribution in [1.29, 1.82) is 0 Å². The molecule has 0 aliphatic carbocycles. The van der Waals surface area contributed by atoms with E-state index in [9.17, 15) is 4.79 Å². The molecule has 0 aromatic carbocycles. The first kappa shape index (κ1) is 14.5. The lowest BCUT2D eigenvalue weighted by atomic mass is 10.2. The zero-order valence-corrected chi connectivity index (χ0v) is 11.0. The topological polar surface area (TPSA) is 26.3 Å². The number of ether oxygens (including phenoxy) is 1. The smallest absolute Gasteiger partial charge is 0.306 e. The van der Waals surface area contributed by atoms with Crippen LogP contribution in [0.4, 0.5) is 0 Å². The van der Waals surface area contributed by atoms with Crippen molar-refractivity contribution in [2.45, 2.75) is 45.1 Å². The van der Waals surface area contributed by atoms with Crippen molar-refractivity contribution in [2.24, 2.45) is 0 Å². The van der Waals surface area contributed by atoms with Gasteiger partial charge in [0.2, 0.25) is 0 Å². The molecule has 18 heavy (non-hydrogen) atoms.